The number of unbranched alkanes of at least 4 members (excludes halogenated alkanes) is 3. The van der Waals surface area contributed by atoms with E-state index in [-0.39, 0.29) is 30.6 Å². The van der Waals surface area contributed by atoms with E-state index in [1.807, 2.05) is 60.7 Å². The van der Waals surface area contributed by atoms with Gasteiger partial charge in [-0.1, -0.05) is 116 Å². The van der Waals surface area contributed by atoms with Crippen LogP contribution in [-0.2, 0) is 38.8 Å². The first kappa shape index (κ1) is 40.3. The van der Waals surface area contributed by atoms with E-state index in [4.69, 9.17) is 15.2 Å². The third-order valence-electron chi connectivity index (χ3n) is 10.1. The number of aliphatic hydroxyl groups excluding tert-OH is 1. The van der Waals surface area contributed by atoms with Crippen LogP contribution in [0.15, 0.2) is 127 Å². The van der Waals surface area contributed by atoms with E-state index in [1.165, 1.54) is 5.56 Å². The highest BCUT2D eigenvalue weighted by atomic mass is 16.7. The van der Waals surface area contributed by atoms with Crippen LogP contribution in [-0.4, -0.2) is 41.5 Å². The number of rotatable bonds is 18. The van der Waals surface area contributed by atoms with Gasteiger partial charge in [-0.3, -0.25) is 14.5 Å². The molecule has 0 radical (unpaired) electrons. The van der Waals surface area contributed by atoms with Crippen LogP contribution in [0.3, 0.4) is 0 Å². The number of carbonyl (C=O) groups is 2. The molecule has 1 aliphatic heterocycles. The molecule has 292 valence electrons. The molecule has 1 heterocycles. The molecule has 1 fully saturated rings. The van der Waals surface area contributed by atoms with Gasteiger partial charge >= 0.3 is 0 Å². The van der Waals surface area contributed by atoms with Gasteiger partial charge in [0, 0.05) is 44.5 Å². The van der Waals surface area contributed by atoms with Crippen molar-refractivity contribution >= 4 is 23.2 Å². The maximum Gasteiger partial charge on any atom is 0.224 e. The van der Waals surface area contributed by atoms with Gasteiger partial charge < -0.3 is 30.9 Å². The topological polar surface area (TPSA) is 126 Å². The van der Waals surface area contributed by atoms with E-state index >= 15 is 0 Å². The van der Waals surface area contributed by atoms with Gasteiger partial charge in [-0.2, -0.15) is 0 Å². The molecule has 9 nitrogen and oxygen atoms in total. The Morgan fingerprint density at radius 3 is 2.14 bits per heavy atom. The summed E-state index contributed by atoms with van der Waals surface area (Å²) in [5.74, 6) is -0.0295. The van der Waals surface area contributed by atoms with Crippen LogP contribution in [0.4, 0.5) is 11.4 Å². The minimum atomic E-state index is -0.561. The van der Waals surface area contributed by atoms with Crippen LogP contribution >= 0.6 is 0 Å². The van der Waals surface area contributed by atoms with Crippen molar-refractivity contribution in [3.8, 4) is 11.1 Å². The molecule has 56 heavy (non-hydrogen) atoms. The molecule has 5 aromatic carbocycles. The smallest absolute Gasteiger partial charge is 0.224 e. The number of nitrogens with one attached hydrogen (secondary N) is 2. The molecule has 2 amide bonds. The van der Waals surface area contributed by atoms with E-state index in [1.54, 1.807) is 12.1 Å². The summed E-state index contributed by atoms with van der Waals surface area (Å²) < 4.78 is 13.3. The molecular weight excluding hydrogens is 701 g/mol. The molecule has 1 aliphatic rings. The summed E-state index contributed by atoms with van der Waals surface area (Å²) in [7, 11) is 2.12. The normalized spacial score (nSPS) is 16.7. The van der Waals surface area contributed by atoms with E-state index in [2.05, 4.69) is 77.2 Å². The van der Waals surface area contributed by atoms with Crippen molar-refractivity contribution in [3.05, 3.63) is 155 Å². The molecule has 5 N–H and O–H groups in total. The van der Waals surface area contributed by atoms with Crippen LogP contribution in [0.25, 0.3) is 11.1 Å². The number of hydrogen-bond acceptors (Lipinski definition) is 7. The Bertz CT molecular complexity index is 2000. The van der Waals surface area contributed by atoms with E-state index in [9.17, 15) is 14.7 Å². The molecule has 6 rings (SSSR count). The Kier molecular flexibility index (Phi) is 14.8. The number of nitrogens with zero attached hydrogens (tertiary/aromatic N) is 1. The Labute approximate surface area is 330 Å². The summed E-state index contributed by atoms with van der Waals surface area (Å²) in [4.78, 5) is 27.2. The fraction of sp³-hybridized carbons (Fsp3) is 0.319. The van der Waals surface area contributed by atoms with Gasteiger partial charge in [0.15, 0.2) is 6.29 Å². The van der Waals surface area contributed by atoms with Crippen molar-refractivity contribution in [2.45, 2.75) is 83.1 Å². The fourth-order valence-electron chi connectivity index (χ4n) is 7.10. The number of anilines is 2. The molecule has 0 aliphatic carbocycles. The van der Waals surface area contributed by atoms with Crippen LogP contribution in [0.1, 0.15) is 85.2 Å². The fourth-order valence-corrected chi connectivity index (χ4v) is 7.10. The lowest BCUT2D eigenvalue weighted by Gasteiger charge is -2.38. The molecular formula is C47H54N4O5. The molecule has 0 saturated carbocycles. The van der Waals surface area contributed by atoms with Crippen molar-refractivity contribution in [1.82, 2.24) is 10.2 Å². The van der Waals surface area contributed by atoms with Gasteiger partial charge in [0.05, 0.1) is 30.2 Å². The van der Waals surface area contributed by atoms with Gasteiger partial charge in [-0.25, -0.2) is 0 Å². The van der Waals surface area contributed by atoms with Gasteiger partial charge in [0.1, 0.15) is 0 Å². The summed E-state index contributed by atoms with van der Waals surface area (Å²) in [6.07, 6.45) is 4.10. The second kappa shape index (κ2) is 20.6. The van der Waals surface area contributed by atoms with Crippen molar-refractivity contribution in [1.29, 1.82) is 0 Å². The second-order valence-electron chi connectivity index (χ2n) is 14.7. The largest absolute Gasteiger partial charge is 0.397 e. The minimum absolute atomic E-state index is 0.00175. The van der Waals surface area contributed by atoms with Gasteiger partial charge in [0.2, 0.25) is 11.8 Å². The Morgan fingerprint density at radius 1 is 0.714 bits per heavy atom. The molecule has 5 aromatic rings. The van der Waals surface area contributed by atoms with Crippen LogP contribution < -0.4 is 16.4 Å². The molecule has 0 spiro atoms. The number of nitrogens with two attached hydrogens (primary N) is 1. The molecule has 0 aromatic heterocycles. The number of ether oxygens (including phenoxy) is 2. The van der Waals surface area contributed by atoms with Crippen molar-refractivity contribution < 1.29 is 24.2 Å². The van der Waals surface area contributed by atoms with Crippen molar-refractivity contribution in [3.63, 3.8) is 0 Å². The van der Waals surface area contributed by atoms with E-state index < -0.39 is 6.29 Å². The average molecular weight is 755 g/mol. The lowest BCUT2D eigenvalue weighted by molar-refractivity contribution is -0.252. The lowest BCUT2D eigenvalue weighted by Crippen LogP contribution is -2.37. The molecule has 1 saturated heterocycles. The van der Waals surface area contributed by atoms with E-state index in [0.717, 1.165) is 72.2 Å². The van der Waals surface area contributed by atoms with E-state index in [0.29, 0.717) is 37.2 Å². The molecule has 0 bridgehead atoms. The van der Waals surface area contributed by atoms with Crippen LogP contribution in [0, 0.1) is 0 Å². The third-order valence-corrected chi connectivity index (χ3v) is 10.1. The van der Waals surface area contributed by atoms with Crippen LogP contribution in [0.5, 0.6) is 0 Å². The Balaban J connectivity index is 1.01. The third kappa shape index (κ3) is 12.1. The monoisotopic (exact) mass is 754 g/mol. The number of hydrogen-bond donors (Lipinski definition) is 4. The second-order valence-corrected chi connectivity index (χ2v) is 14.7. The number of carbonyl (C=O) groups excluding carboxylic acids is 2. The molecule has 9 heteroatoms. The highest BCUT2D eigenvalue weighted by Gasteiger charge is 2.33. The maximum absolute atomic E-state index is 12.7. The van der Waals surface area contributed by atoms with Crippen LogP contribution in [0.2, 0.25) is 0 Å². The first-order chi connectivity index (χ1) is 27.3. The highest BCUT2D eigenvalue weighted by Crippen LogP contribution is 2.39. The van der Waals surface area contributed by atoms with Crippen molar-refractivity contribution in [2.75, 3.05) is 24.6 Å². The number of amides is 2. The number of benzene rings is 5. The van der Waals surface area contributed by atoms with Gasteiger partial charge in [-0.05, 0) is 77.5 Å². The SMILES string of the molecule is CN(Cc1ccccc1)C[C@@H]1C[C@H](c2ccc(CO)cc2)O[C@H](c2cccc(-c3cccc(CNC(=O)CCCCCCC(=O)Nc4ccccc4N)c3)c2)O1. The Hall–Kier alpha value is -5.32. The minimum Gasteiger partial charge on any atom is -0.397 e. The zero-order valence-corrected chi connectivity index (χ0v) is 32.2. The van der Waals surface area contributed by atoms with Gasteiger partial charge in [-0.15, -0.1) is 0 Å². The van der Waals surface area contributed by atoms with Crippen molar-refractivity contribution in [2.24, 2.45) is 0 Å². The number of likely N-dealkylation sites (N-methyl/N-ethyl adjacent to an activating group) is 1. The highest BCUT2D eigenvalue weighted by molar-refractivity contribution is 5.93. The predicted octanol–water partition coefficient (Wildman–Crippen LogP) is 8.70. The lowest BCUT2D eigenvalue weighted by atomic mass is 9.98. The number of aliphatic hydroxyl groups is 1. The summed E-state index contributed by atoms with van der Waals surface area (Å²) in [5.41, 5.74) is 14.3. The first-order valence-corrected chi connectivity index (χ1v) is 19.7. The zero-order valence-electron chi connectivity index (χ0n) is 32.2. The standard InChI is InChI=1S/C47H54N4O5/c1-51(31-34-13-5-4-6-14-34)32-41-29-44(37-25-23-35(33-52)24-26-37)56-47(55-41)40-18-12-17-39(28-40)38-16-11-15-36(27-38)30-49-45(53)21-7-2-3-8-22-46(54)50-43-20-10-9-19-42(43)48/h4-6,9-20,23-28,41,44,47,52H,2-3,7-8,21-22,29-33,48H2,1H3,(H,49,53)(H,50,54)/t41-,44+,47+/m0/s1. The van der Waals surface area contributed by atoms with Gasteiger partial charge in [0.25, 0.3) is 0 Å². The quantitative estimate of drug-likeness (QED) is 0.0521. The number of para-hydroxylation sites is 2. The average Bonchev–Trinajstić information content (AvgIpc) is 3.22. The number of nitrogen functional groups attached to an aromatic ring is 1. The Morgan fingerprint density at radius 2 is 1.39 bits per heavy atom. The summed E-state index contributed by atoms with van der Waals surface area (Å²) in [6.45, 7) is 2.01. The summed E-state index contributed by atoms with van der Waals surface area (Å²) in [5, 5.41) is 15.5. The summed E-state index contributed by atoms with van der Waals surface area (Å²) >= 11 is 0. The predicted molar refractivity (Wildman–Crippen MR) is 222 cm³/mol. The summed E-state index contributed by atoms with van der Waals surface area (Å²) in [6, 6.07) is 42.2. The zero-order chi connectivity index (χ0) is 39.1. The first-order valence-electron chi connectivity index (χ1n) is 19.7. The molecule has 3 atom stereocenters. The maximum atomic E-state index is 12.7. The molecule has 0 unspecified atom stereocenters.